The van der Waals surface area contributed by atoms with Gasteiger partial charge in [0.1, 0.15) is 11.5 Å². The zero-order chi connectivity index (χ0) is 20.5. The van der Waals surface area contributed by atoms with E-state index < -0.39 is 0 Å². The third-order valence-corrected chi connectivity index (χ3v) is 4.66. The molecule has 1 unspecified atom stereocenters. The Morgan fingerprint density at radius 1 is 1.29 bits per heavy atom. The summed E-state index contributed by atoms with van der Waals surface area (Å²) in [6.07, 6.45) is 9.90. The Hall–Kier alpha value is -2.82. The fourth-order valence-corrected chi connectivity index (χ4v) is 3.15. The molecule has 2 amide bonds. The van der Waals surface area contributed by atoms with Crippen molar-refractivity contribution in [3.63, 3.8) is 0 Å². The molecule has 1 aromatic carbocycles. The number of allylic oxidation sites excluding steroid dienone is 6. The molecule has 1 saturated heterocycles. The topological polar surface area (TPSA) is 58.6 Å². The number of benzene rings is 1. The predicted molar refractivity (Wildman–Crippen MR) is 112 cm³/mol. The van der Waals surface area contributed by atoms with E-state index in [0.29, 0.717) is 11.3 Å². The quantitative estimate of drug-likeness (QED) is 0.567. The van der Waals surface area contributed by atoms with Gasteiger partial charge in [0.25, 0.3) is 5.91 Å². The second-order valence-corrected chi connectivity index (χ2v) is 7.08. The molecule has 1 N–H and O–H groups in total. The molecule has 2 rings (SSSR count). The van der Waals surface area contributed by atoms with Crippen molar-refractivity contribution in [3.8, 4) is 5.75 Å². The van der Waals surface area contributed by atoms with Gasteiger partial charge >= 0.3 is 0 Å². The molecule has 28 heavy (non-hydrogen) atoms. The first-order chi connectivity index (χ1) is 13.4. The molecule has 1 heterocycles. The lowest BCUT2D eigenvalue weighted by atomic mass is 10.2. The van der Waals surface area contributed by atoms with E-state index in [1.807, 2.05) is 56.9 Å². The summed E-state index contributed by atoms with van der Waals surface area (Å²) in [6.45, 7) is 8.68. The number of hydrogen-bond donors (Lipinski definition) is 1. The number of hydrogen-bond acceptors (Lipinski definition) is 3. The van der Waals surface area contributed by atoms with Gasteiger partial charge < -0.3 is 15.0 Å². The van der Waals surface area contributed by atoms with Crippen molar-refractivity contribution in [2.45, 2.75) is 46.6 Å². The summed E-state index contributed by atoms with van der Waals surface area (Å²) in [5.74, 6) is 0.988. The Balaban J connectivity index is 1.94. The fourth-order valence-electron chi connectivity index (χ4n) is 3.15. The highest BCUT2D eigenvalue weighted by molar-refractivity contribution is 5.96. The van der Waals surface area contributed by atoms with E-state index in [0.717, 1.165) is 30.7 Å². The Kier molecular flexibility index (Phi) is 8.05. The van der Waals surface area contributed by atoms with E-state index in [2.05, 4.69) is 5.32 Å². The summed E-state index contributed by atoms with van der Waals surface area (Å²) in [4.78, 5) is 26.5. The second-order valence-electron chi connectivity index (χ2n) is 7.08. The highest BCUT2D eigenvalue weighted by Crippen LogP contribution is 2.17. The first-order valence-electron chi connectivity index (χ1n) is 9.74. The van der Waals surface area contributed by atoms with Gasteiger partial charge in [-0.2, -0.15) is 0 Å². The number of amides is 2. The normalized spacial score (nSPS) is 17.9. The number of carbonyl (C=O) groups excluding carboxylic acids is 2. The SMILES string of the molecule is CC=C/C(C)=C\C=C(/C)Oc1cccc(C(=O)NCC(=O)N2CCCC2C)c1. The second kappa shape index (κ2) is 10.5. The summed E-state index contributed by atoms with van der Waals surface area (Å²) in [5.41, 5.74) is 1.59. The van der Waals surface area contributed by atoms with Crippen molar-refractivity contribution in [3.05, 3.63) is 65.5 Å². The number of rotatable bonds is 7. The average Bonchev–Trinajstić information content (AvgIpc) is 3.10. The first-order valence-corrected chi connectivity index (χ1v) is 9.74. The van der Waals surface area contributed by atoms with E-state index in [1.165, 1.54) is 0 Å². The van der Waals surface area contributed by atoms with Crippen LogP contribution >= 0.6 is 0 Å². The van der Waals surface area contributed by atoms with Crippen LogP contribution in [0.5, 0.6) is 5.75 Å². The summed E-state index contributed by atoms with van der Waals surface area (Å²) in [5, 5.41) is 2.71. The average molecular weight is 383 g/mol. The van der Waals surface area contributed by atoms with Crippen LogP contribution in [0, 0.1) is 0 Å². The van der Waals surface area contributed by atoms with Crippen molar-refractivity contribution in [1.82, 2.24) is 10.2 Å². The van der Waals surface area contributed by atoms with Crippen LogP contribution in [-0.2, 0) is 4.79 Å². The molecule has 0 aliphatic carbocycles. The molecule has 0 saturated carbocycles. The molecular weight excluding hydrogens is 352 g/mol. The molecule has 150 valence electrons. The van der Waals surface area contributed by atoms with Crippen LogP contribution in [0.2, 0.25) is 0 Å². The third kappa shape index (κ3) is 6.41. The highest BCUT2D eigenvalue weighted by Gasteiger charge is 2.25. The minimum atomic E-state index is -0.281. The Labute approximate surface area is 167 Å². The van der Waals surface area contributed by atoms with E-state index in [4.69, 9.17) is 4.74 Å². The summed E-state index contributed by atoms with van der Waals surface area (Å²) < 4.78 is 5.79. The van der Waals surface area contributed by atoms with Crippen LogP contribution in [0.15, 0.2) is 59.9 Å². The van der Waals surface area contributed by atoms with E-state index >= 15 is 0 Å². The molecule has 0 spiro atoms. The molecule has 5 nitrogen and oxygen atoms in total. The zero-order valence-electron chi connectivity index (χ0n) is 17.2. The Bertz CT molecular complexity index is 793. The van der Waals surface area contributed by atoms with Crippen molar-refractivity contribution in [2.75, 3.05) is 13.1 Å². The van der Waals surface area contributed by atoms with Gasteiger partial charge in [0.15, 0.2) is 0 Å². The van der Waals surface area contributed by atoms with Gasteiger partial charge in [0.2, 0.25) is 5.91 Å². The van der Waals surface area contributed by atoms with E-state index in [1.54, 1.807) is 24.3 Å². The molecule has 0 radical (unpaired) electrons. The maximum Gasteiger partial charge on any atom is 0.251 e. The molecule has 1 atom stereocenters. The van der Waals surface area contributed by atoms with E-state index in [-0.39, 0.29) is 24.4 Å². The maximum atomic E-state index is 12.4. The monoisotopic (exact) mass is 382 g/mol. The molecule has 5 heteroatoms. The van der Waals surface area contributed by atoms with Gasteiger partial charge in [0, 0.05) is 18.2 Å². The summed E-state index contributed by atoms with van der Waals surface area (Å²) in [6, 6.07) is 7.20. The van der Waals surface area contributed by atoms with Crippen LogP contribution in [0.3, 0.4) is 0 Å². The molecular formula is C23H30N2O3. The molecule has 0 aromatic heterocycles. The Morgan fingerprint density at radius 3 is 2.75 bits per heavy atom. The van der Waals surface area contributed by atoms with Crippen molar-refractivity contribution < 1.29 is 14.3 Å². The summed E-state index contributed by atoms with van der Waals surface area (Å²) >= 11 is 0. The predicted octanol–water partition coefficient (Wildman–Crippen LogP) is 4.23. The fraction of sp³-hybridized carbons (Fsp3) is 0.391. The van der Waals surface area contributed by atoms with Gasteiger partial charge in [-0.05, 0) is 64.8 Å². The van der Waals surface area contributed by atoms with Crippen LogP contribution in [0.25, 0.3) is 0 Å². The number of carbonyl (C=O) groups is 2. The molecule has 0 bridgehead atoms. The number of ether oxygens (including phenoxy) is 1. The van der Waals surface area contributed by atoms with Gasteiger partial charge in [0.05, 0.1) is 6.54 Å². The summed E-state index contributed by atoms with van der Waals surface area (Å²) in [7, 11) is 0. The van der Waals surface area contributed by atoms with Gasteiger partial charge in [-0.15, -0.1) is 0 Å². The number of nitrogens with one attached hydrogen (secondary N) is 1. The minimum absolute atomic E-state index is 0.0161. The zero-order valence-corrected chi connectivity index (χ0v) is 17.2. The lowest BCUT2D eigenvalue weighted by Crippen LogP contribution is -2.41. The molecule has 1 fully saturated rings. The van der Waals surface area contributed by atoms with Gasteiger partial charge in [-0.25, -0.2) is 0 Å². The third-order valence-electron chi connectivity index (χ3n) is 4.66. The van der Waals surface area contributed by atoms with Crippen molar-refractivity contribution in [2.24, 2.45) is 0 Å². The van der Waals surface area contributed by atoms with Crippen LogP contribution in [0.1, 0.15) is 50.9 Å². The minimum Gasteiger partial charge on any atom is -0.462 e. The molecule has 1 aliphatic heterocycles. The smallest absolute Gasteiger partial charge is 0.251 e. The Morgan fingerprint density at radius 2 is 2.07 bits per heavy atom. The van der Waals surface area contributed by atoms with Crippen molar-refractivity contribution >= 4 is 11.8 Å². The standard InChI is InChI=1S/C23H30N2O3/c1-5-8-17(2)12-13-19(4)28-21-11-6-10-20(15-21)23(27)24-16-22(26)25-14-7-9-18(25)3/h5-6,8,10-13,15,18H,7,9,14,16H2,1-4H3,(H,24,27)/b8-5?,17-12-,19-13+. The molecule has 1 aliphatic rings. The van der Waals surface area contributed by atoms with Crippen LogP contribution in [0.4, 0.5) is 0 Å². The number of likely N-dealkylation sites (tertiary alicyclic amines) is 1. The highest BCUT2D eigenvalue weighted by atomic mass is 16.5. The van der Waals surface area contributed by atoms with Crippen molar-refractivity contribution in [1.29, 1.82) is 0 Å². The maximum absolute atomic E-state index is 12.4. The largest absolute Gasteiger partial charge is 0.462 e. The number of nitrogens with zero attached hydrogens (tertiary/aromatic N) is 1. The molecule has 1 aromatic rings. The van der Waals surface area contributed by atoms with E-state index in [9.17, 15) is 9.59 Å². The van der Waals surface area contributed by atoms with Crippen LogP contribution < -0.4 is 10.1 Å². The lowest BCUT2D eigenvalue weighted by Gasteiger charge is -2.21. The first kappa shape index (κ1) is 21.5. The lowest BCUT2D eigenvalue weighted by molar-refractivity contribution is -0.130. The van der Waals surface area contributed by atoms with Gasteiger partial charge in [-0.1, -0.05) is 29.9 Å². The van der Waals surface area contributed by atoms with Crippen LogP contribution in [-0.4, -0.2) is 35.8 Å². The van der Waals surface area contributed by atoms with Gasteiger partial charge in [-0.3, -0.25) is 9.59 Å².